The summed E-state index contributed by atoms with van der Waals surface area (Å²) in [6.45, 7) is 7.35. The van der Waals surface area contributed by atoms with Gasteiger partial charge in [0.25, 0.3) is 5.91 Å². The van der Waals surface area contributed by atoms with Crippen LogP contribution in [0.1, 0.15) is 49.9 Å². The van der Waals surface area contributed by atoms with Crippen LogP contribution in [0.2, 0.25) is 0 Å². The molecule has 2 aliphatic heterocycles. The maximum atomic E-state index is 14.0. The van der Waals surface area contributed by atoms with Gasteiger partial charge in [0.1, 0.15) is 0 Å². The molecule has 3 heterocycles. The number of hydrogen-bond donors (Lipinski definition) is 1. The first-order valence-corrected chi connectivity index (χ1v) is 13.2. The number of carbonyl (C=O) groups is 2. The van der Waals surface area contributed by atoms with Crippen LogP contribution in [0.4, 0.5) is 10.5 Å². The van der Waals surface area contributed by atoms with Crippen LogP contribution < -0.4 is 14.4 Å². The summed E-state index contributed by atoms with van der Waals surface area (Å²) < 4.78 is 11.9. The molecule has 6 rings (SSSR count). The van der Waals surface area contributed by atoms with E-state index in [9.17, 15) is 9.59 Å². The fourth-order valence-corrected chi connectivity index (χ4v) is 5.84. The number of rotatable bonds is 7. The van der Waals surface area contributed by atoms with Crippen LogP contribution in [-0.2, 0) is 10.3 Å². The summed E-state index contributed by atoms with van der Waals surface area (Å²) in [7, 11) is 0. The van der Waals surface area contributed by atoms with Gasteiger partial charge in [0.05, 0.1) is 24.6 Å². The largest absolute Gasteiger partial charge is 0.490 e. The summed E-state index contributed by atoms with van der Waals surface area (Å²) in [6.07, 6.45) is 0.899. The number of para-hydroxylation sites is 2. The van der Waals surface area contributed by atoms with Crippen LogP contribution in [-0.4, -0.2) is 41.6 Å². The number of fused-ring (bicyclic) bond motifs is 5. The molecular formula is C31H31N3O4. The number of aromatic nitrogens is 1. The van der Waals surface area contributed by atoms with E-state index in [4.69, 9.17) is 9.47 Å². The Morgan fingerprint density at radius 2 is 1.71 bits per heavy atom. The van der Waals surface area contributed by atoms with Gasteiger partial charge in [-0.3, -0.25) is 4.79 Å². The van der Waals surface area contributed by atoms with E-state index >= 15 is 0 Å². The van der Waals surface area contributed by atoms with Gasteiger partial charge in [-0.25, -0.2) is 9.69 Å². The minimum absolute atomic E-state index is 0.166. The Bertz CT molecular complexity index is 1530. The molecule has 7 heteroatoms. The van der Waals surface area contributed by atoms with Crippen molar-refractivity contribution in [1.29, 1.82) is 0 Å². The van der Waals surface area contributed by atoms with Crippen molar-refractivity contribution < 1.29 is 19.1 Å². The molecule has 0 radical (unpaired) electrons. The number of urea groups is 1. The minimum atomic E-state index is -1.15. The third-order valence-corrected chi connectivity index (χ3v) is 7.67. The molecule has 3 amide bonds. The summed E-state index contributed by atoms with van der Waals surface area (Å²) in [4.78, 5) is 34.5. The fraction of sp³-hybridized carbons (Fsp3) is 0.290. The summed E-state index contributed by atoms with van der Waals surface area (Å²) in [5.74, 6) is 0.974. The lowest BCUT2D eigenvalue weighted by atomic mass is 9.78. The number of nitrogens with one attached hydrogen (secondary N) is 1. The lowest BCUT2D eigenvalue weighted by Crippen LogP contribution is -2.50. The Morgan fingerprint density at radius 3 is 2.47 bits per heavy atom. The van der Waals surface area contributed by atoms with Crippen molar-refractivity contribution in [2.45, 2.75) is 38.6 Å². The van der Waals surface area contributed by atoms with Gasteiger partial charge in [0.2, 0.25) is 0 Å². The molecule has 1 N–H and O–H groups in total. The summed E-state index contributed by atoms with van der Waals surface area (Å²) in [5.41, 5.74) is 3.17. The van der Waals surface area contributed by atoms with Crippen molar-refractivity contribution in [2.75, 3.05) is 24.7 Å². The fourth-order valence-electron chi connectivity index (χ4n) is 5.84. The van der Waals surface area contributed by atoms with Crippen molar-refractivity contribution in [2.24, 2.45) is 0 Å². The highest BCUT2D eigenvalue weighted by atomic mass is 16.5. The number of anilines is 1. The van der Waals surface area contributed by atoms with Crippen molar-refractivity contribution >= 4 is 28.5 Å². The monoisotopic (exact) mass is 509 g/mol. The minimum Gasteiger partial charge on any atom is -0.490 e. The number of carbonyl (C=O) groups excluding carboxylic acids is 2. The average Bonchev–Trinajstić information content (AvgIpc) is 3.42. The van der Waals surface area contributed by atoms with E-state index in [0.29, 0.717) is 36.9 Å². The number of benzene rings is 3. The van der Waals surface area contributed by atoms with E-state index in [2.05, 4.69) is 18.0 Å². The molecule has 3 aromatic carbocycles. The number of amides is 3. The highest BCUT2D eigenvalue weighted by Crippen LogP contribution is 2.51. The predicted molar refractivity (Wildman–Crippen MR) is 147 cm³/mol. The van der Waals surface area contributed by atoms with Crippen LogP contribution in [0.25, 0.3) is 10.9 Å². The van der Waals surface area contributed by atoms with Crippen molar-refractivity contribution in [1.82, 2.24) is 9.88 Å². The van der Waals surface area contributed by atoms with Crippen molar-refractivity contribution in [3.05, 3.63) is 89.6 Å². The van der Waals surface area contributed by atoms with Gasteiger partial charge in [-0.15, -0.1) is 0 Å². The molecule has 1 fully saturated rings. The molecular weight excluding hydrogens is 478 g/mol. The van der Waals surface area contributed by atoms with Crippen LogP contribution >= 0.6 is 0 Å². The molecule has 38 heavy (non-hydrogen) atoms. The second kappa shape index (κ2) is 9.24. The Morgan fingerprint density at radius 1 is 0.947 bits per heavy atom. The molecule has 0 aliphatic carbocycles. The van der Waals surface area contributed by atoms with Crippen LogP contribution in [0.15, 0.2) is 72.8 Å². The van der Waals surface area contributed by atoms with Crippen LogP contribution in [0, 0.1) is 0 Å². The molecule has 0 bridgehead atoms. The normalized spacial score (nSPS) is 20.6. The van der Waals surface area contributed by atoms with E-state index in [1.807, 2.05) is 68.4 Å². The molecule has 194 valence electrons. The zero-order valence-electron chi connectivity index (χ0n) is 21.9. The first-order valence-electron chi connectivity index (χ1n) is 13.2. The lowest BCUT2D eigenvalue weighted by molar-refractivity contribution is -0.125. The third-order valence-electron chi connectivity index (χ3n) is 7.67. The molecule has 1 saturated heterocycles. The Labute approximate surface area is 222 Å². The summed E-state index contributed by atoms with van der Waals surface area (Å²) in [5, 5.41) is 1.05. The Kier molecular flexibility index (Phi) is 5.86. The molecule has 1 aromatic heterocycles. The number of H-pyrrole nitrogens is 1. The second-order valence-corrected chi connectivity index (χ2v) is 9.94. The van der Waals surface area contributed by atoms with Crippen LogP contribution in [0.5, 0.6) is 11.5 Å². The molecule has 0 saturated carbocycles. The highest BCUT2D eigenvalue weighted by molar-refractivity contribution is 6.23. The van der Waals surface area contributed by atoms with E-state index in [1.54, 1.807) is 17.0 Å². The van der Waals surface area contributed by atoms with Gasteiger partial charge in [-0.05, 0) is 61.7 Å². The van der Waals surface area contributed by atoms with Gasteiger partial charge < -0.3 is 19.4 Å². The zero-order valence-corrected chi connectivity index (χ0v) is 21.9. The maximum Gasteiger partial charge on any atom is 0.332 e. The van der Waals surface area contributed by atoms with E-state index in [1.165, 1.54) is 4.90 Å². The Hall–Kier alpha value is -4.26. The predicted octanol–water partition coefficient (Wildman–Crippen LogP) is 6.18. The van der Waals surface area contributed by atoms with E-state index < -0.39 is 5.54 Å². The zero-order chi connectivity index (χ0) is 26.4. The number of nitrogens with zero attached hydrogens (tertiary/aromatic N) is 2. The molecule has 2 atom stereocenters. The summed E-state index contributed by atoms with van der Waals surface area (Å²) >= 11 is 0. The quantitative estimate of drug-likeness (QED) is 0.302. The topological polar surface area (TPSA) is 74.9 Å². The van der Waals surface area contributed by atoms with E-state index in [0.717, 1.165) is 34.1 Å². The van der Waals surface area contributed by atoms with E-state index in [-0.39, 0.29) is 17.9 Å². The molecule has 0 unspecified atom stereocenters. The van der Waals surface area contributed by atoms with Gasteiger partial charge in [-0.1, -0.05) is 49.4 Å². The first kappa shape index (κ1) is 24.1. The van der Waals surface area contributed by atoms with Crippen molar-refractivity contribution in [3.8, 4) is 11.5 Å². The smallest absolute Gasteiger partial charge is 0.332 e. The van der Waals surface area contributed by atoms with Gasteiger partial charge in [0, 0.05) is 23.4 Å². The second-order valence-electron chi connectivity index (χ2n) is 9.94. The SMILES string of the molecule is CCCOc1ccc([C@H]2CN3C(=O)N(c4ccccc4)C(=O)[C@]3(C)c3[nH]c4ccccc4c32)cc1OCC. The molecule has 0 spiro atoms. The molecule has 2 aliphatic rings. The van der Waals surface area contributed by atoms with Gasteiger partial charge in [-0.2, -0.15) is 0 Å². The number of ether oxygens (including phenoxy) is 2. The maximum absolute atomic E-state index is 14.0. The number of aromatic amines is 1. The highest BCUT2D eigenvalue weighted by Gasteiger charge is 2.60. The third kappa shape index (κ3) is 3.49. The standard InChI is InChI=1S/C31H31N3O4/c1-4-17-38-25-16-15-20(18-26(25)37-5-2)23-19-33-30(36)34(21-11-7-6-8-12-21)29(35)31(33,3)28-27(23)22-13-9-10-14-24(22)32-28/h6-16,18,23,32H,4-5,17,19H2,1-3H3/t23-,31+/m1/s1. The molecule has 7 nitrogen and oxygen atoms in total. The van der Waals surface area contributed by atoms with Gasteiger partial charge in [0.15, 0.2) is 17.0 Å². The van der Waals surface area contributed by atoms with Crippen molar-refractivity contribution in [3.63, 3.8) is 0 Å². The Balaban J connectivity index is 1.52. The number of hydrogen-bond acceptors (Lipinski definition) is 4. The van der Waals surface area contributed by atoms with Crippen LogP contribution in [0.3, 0.4) is 0 Å². The first-order chi connectivity index (χ1) is 18.5. The average molecular weight is 510 g/mol. The number of imide groups is 1. The molecule has 4 aromatic rings. The lowest BCUT2D eigenvalue weighted by Gasteiger charge is -2.40. The van der Waals surface area contributed by atoms with Gasteiger partial charge >= 0.3 is 6.03 Å². The summed E-state index contributed by atoms with van der Waals surface area (Å²) in [6, 6.07) is 22.9.